The highest BCUT2D eigenvalue weighted by Gasteiger charge is 2.18. The van der Waals surface area contributed by atoms with Crippen LogP contribution in [0.15, 0.2) is 28.4 Å². The number of pyridine rings is 1. The lowest BCUT2D eigenvalue weighted by atomic mass is 10.0. The third-order valence-electron chi connectivity index (χ3n) is 5.37. The van der Waals surface area contributed by atoms with Gasteiger partial charge in [-0.1, -0.05) is 12.1 Å². The van der Waals surface area contributed by atoms with Gasteiger partial charge >= 0.3 is 0 Å². The van der Waals surface area contributed by atoms with E-state index in [-0.39, 0.29) is 5.43 Å². The molecule has 2 aromatic heterocycles. The first-order chi connectivity index (χ1) is 13.0. The van der Waals surface area contributed by atoms with Crippen LogP contribution in [0.4, 0.5) is 0 Å². The van der Waals surface area contributed by atoms with E-state index >= 15 is 0 Å². The average Bonchev–Trinajstić information content (AvgIpc) is 3.04. The molecule has 1 fully saturated rings. The average molecular weight is 383 g/mol. The summed E-state index contributed by atoms with van der Waals surface area (Å²) in [5, 5.41) is 4.11. The summed E-state index contributed by atoms with van der Waals surface area (Å²) in [6.07, 6.45) is 0. The van der Waals surface area contributed by atoms with Gasteiger partial charge in [0.05, 0.1) is 16.2 Å². The first-order valence-corrected chi connectivity index (χ1v) is 10.4. The molecule has 1 N–H and O–H groups in total. The predicted octanol–water partition coefficient (Wildman–Crippen LogP) is 3.23. The van der Waals surface area contributed by atoms with Crippen molar-refractivity contribution in [2.75, 3.05) is 26.2 Å². The molecule has 142 valence electrons. The molecule has 3 aromatic rings. The van der Waals surface area contributed by atoms with Crippen molar-refractivity contribution in [1.82, 2.24) is 19.8 Å². The molecule has 0 aliphatic carbocycles. The summed E-state index contributed by atoms with van der Waals surface area (Å²) in [5.74, 6) is 0. The number of aromatic nitrogens is 2. The van der Waals surface area contributed by atoms with Crippen LogP contribution in [0.25, 0.3) is 10.9 Å². The molecule has 4 rings (SSSR count). The third kappa shape index (κ3) is 3.98. The molecular weight excluding hydrogens is 356 g/mol. The van der Waals surface area contributed by atoms with Crippen LogP contribution in [0.5, 0.6) is 0 Å². The van der Waals surface area contributed by atoms with E-state index in [9.17, 15) is 4.79 Å². The Morgan fingerprint density at radius 1 is 1.04 bits per heavy atom. The Hall–Kier alpha value is -2.02. The minimum absolute atomic E-state index is 0.123. The quantitative estimate of drug-likeness (QED) is 0.753. The number of piperazine rings is 1. The van der Waals surface area contributed by atoms with Crippen LogP contribution < -0.4 is 5.43 Å². The topological polar surface area (TPSA) is 52.2 Å². The lowest BCUT2D eigenvalue weighted by molar-refractivity contribution is 0.120. The summed E-state index contributed by atoms with van der Waals surface area (Å²) in [6.45, 7) is 11.9. The zero-order chi connectivity index (χ0) is 19.0. The van der Waals surface area contributed by atoms with E-state index in [4.69, 9.17) is 0 Å². The fourth-order valence-electron chi connectivity index (χ4n) is 3.86. The van der Waals surface area contributed by atoms with E-state index in [2.05, 4.69) is 45.1 Å². The van der Waals surface area contributed by atoms with Gasteiger partial charge in [-0.2, -0.15) is 0 Å². The van der Waals surface area contributed by atoms with Crippen LogP contribution in [0, 0.1) is 20.8 Å². The fourth-order valence-corrected chi connectivity index (χ4v) is 4.46. The van der Waals surface area contributed by atoms with Crippen molar-refractivity contribution in [3.8, 4) is 0 Å². The summed E-state index contributed by atoms with van der Waals surface area (Å²) in [7, 11) is 0. The molecule has 3 heterocycles. The number of hydrogen-bond acceptors (Lipinski definition) is 5. The van der Waals surface area contributed by atoms with Gasteiger partial charge in [-0.25, -0.2) is 4.98 Å². The second-order valence-corrected chi connectivity index (χ2v) is 8.58. The summed E-state index contributed by atoms with van der Waals surface area (Å²) < 4.78 is 0. The van der Waals surface area contributed by atoms with E-state index < -0.39 is 0 Å². The van der Waals surface area contributed by atoms with Crippen molar-refractivity contribution in [3.05, 3.63) is 61.3 Å². The Balaban J connectivity index is 1.43. The second-order valence-electron chi connectivity index (χ2n) is 7.52. The van der Waals surface area contributed by atoms with Crippen LogP contribution in [-0.2, 0) is 13.1 Å². The first kappa shape index (κ1) is 18.3. The minimum Gasteiger partial charge on any atom is -0.357 e. The van der Waals surface area contributed by atoms with Gasteiger partial charge in [0.15, 0.2) is 5.43 Å². The Morgan fingerprint density at radius 2 is 1.70 bits per heavy atom. The number of benzene rings is 1. The van der Waals surface area contributed by atoms with Gasteiger partial charge in [0, 0.05) is 61.8 Å². The Morgan fingerprint density at radius 3 is 2.37 bits per heavy atom. The summed E-state index contributed by atoms with van der Waals surface area (Å²) in [5.41, 5.74) is 5.44. The number of thiazole rings is 1. The maximum absolute atomic E-state index is 12.6. The molecule has 6 heteroatoms. The zero-order valence-electron chi connectivity index (χ0n) is 16.2. The molecule has 0 saturated carbocycles. The van der Waals surface area contributed by atoms with Gasteiger partial charge in [0.1, 0.15) is 0 Å². The van der Waals surface area contributed by atoms with E-state index in [0.717, 1.165) is 72.0 Å². The molecule has 0 unspecified atom stereocenters. The van der Waals surface area contributed by atoms with Gasteiger partial charge in [-0.3, -0.25) is 14.6 Å². The number of rotatable bonds is 4. The number of H-pyrrole nitrogens is 1. The summed E-state index contributed by atoms with van der Waals surface area (Å²) in [6, 6.07) is 5.88. The van der Waals surface area contributed by atoms with Crippen molar-refractivity contribution < 1.29 is 0 Å². The van der Waals surface area contributed by atoms with Crippen molar-refractivity contribution in [1.29, 1.82) is 0 Å². The molecular formula is C21H26N4OS. The highest BCUT2D eigenvalue weighted by atomic mass is 32.1. The molecule has 0 radical (unpaired) electrons. The Labute approximate surface area is 163 Å². The molecule has 0 atom stereocenters. The first-order valence-electron chi connectivity index (χ1n) is 9.47. The molecule has 1 aliphatic rings. The largest absolute Gasteiger partial charge is 0.357 e. The van der Waals surface area contributed by atoms with Crippen molar-refractivity contribution in [2.24, 2.45) is 0 Å². The lowest BCUT2D eigenvalue weighted by Gasteiger charge is -2.34. The molecule has 1 aromatic carbocycles. The van der Waals surface area contributed by atoms with Gasteiger partial charge < -0.3 is 4.98 Å². The predicted molar refractivity (Wildman–Crippen MR) is 111 cm³/mol. The molecule has 1 saturated heterocycles. The van der Waals surface area contributed by atoms with Crippen LogP contribution >= 0.6 is 11.3 Å². The lowest BCUT2D eigenvalue weighted by Crippen LogP contribution is -2.45. The smallest absolute Gasteiger partial charge is 0.189 e. The van der Waals surface area contributed by atoms with Gasteiger partial charge in [-0.15, -0.1) is 11.3 Å². The Kier molecular flexibility index (Phi) is 5.12. The van der Waals surface area contributed by atoms with E-state index in [1.807, 2.05) is 13.0 Å². The number of nitrogens with zero attached hydrogens (tertiary/aromatic N) is 3. The van der Waals surface area contributed by atoms with Crippen LogP contribution in [0.2, 0.25) is 0 Å². The molecule has 27 heavy (non-hydrogen) atoms. The zero-order valence-corrected chi connectivity index (χ0v) is 17.0. The fraction of sp³-hybridized carbons (Fsp3) is 0.429. The molecule has 5 nitrogen and oxygen atoms in total. The molecule has 0 amide bonds. The number of nitrogens with one attached hydrogen (secondary N) is 1. The SMILES string of the molecule is Cc1nc(CN2CCN(Cc3cc(=O)c4c(C)ccc(C)c4[nH]3)CC2)cs1. The molecule has 0 spiro atoms. The minimum atomic E-state index is 0.123. The monoisotopic (exact) mass is 382 g/mol. The second kappa shape index (κ2) is 7.54. The van der Waals surface area contributed by atoms with Crippen molar-refractivity contribution in [2.45, 2.75) is 33.9 Å². The van der Waals surface area contributed by atoms with Crippen molar-refractivity contribution >= 4 is 22.2 Å². The number of aromatic amines is 1. The number of aryl methyl sites for hydroxylation is 3. The highest BCUT2D eigenvalue weighted by molar-refractivity contribution is 7.09. The van der Waals surface area contributed by atoms with E-state index in [1.54, 1.807) is 17.4 Å². The van der Waals surface area contributed by atoms with E-state index in [1.165, 1.54) is 5.69 Å². The standard InChI is InChI=1S/C21H26N4OS/c1-14-4-5-15(2)21-20(14)19(26)10-17(23-21)11-24-6-8-25(9-7-24)12-18-13-27-16(3)22-18/h4-5,10,13H,6-9,11-12H2,1-3H3,(H,23,26). The van der Waals surface area contributed by atoms with Gasteiger partial charge in [0.2, 0.25) is 0 Å². The summed E-state index contributed by atoms with van der Waals surface area (Å²) in [4.78, 5) is 25.6. The van der Waals surface area contributed by atoms with E-state index in [0.29, 0.717) is 0 Å². The van der Waals surface area contributed by atoms with Gasteiger partial charge in [-0.05, 0) is 31.9 Å². The van der Waals surface area contributed by atoms with Crippen molar-refractivity contribution in [3.63, 3.8) is 0 Å². The normalized spacial score (nSPS) is 16.3. The maximum atomic E-state index is 12.6. The molecule has 1 aliphatic heterocycles. The Bertz CT molecular complexity index is 1010. The van der Waals surface area contributed by atoms with Crippen LogP contribution in [0.1, 0.15) is 27.5 Å². The van der Waals surface area contributed by atoms with Crippen LogP contribution in [-0.4, -0.2) is 45.9 Å². The maximum Gasteiger partial charge on any atom is 0.189 e. The number of hydrogen-bond donors (Lipinski definition) is 1. The molecule has 0 bridgehead atoms. The number of fused-ring (bicyclic) bond motifs is 1. The highest BCUT2D eigenvalue weighted by Crippen LogP contribution is 2.18. The van der Waals surface area contributed by atoms with Crippen LogP contribution in [0.3, 0.4) is 0 Å². The van der Waals surface area contributed by atoms with Gasteiger partial charge in [0.25, 0.3) is 0 Å². The summed E-state index contributed by atoms with van der Waals surface area (Å²) >= 11 is 1.72. The third-order valence-corrected chi connectivity index (χ3v) is 6.19.